The van der Waals surface area contributed by atoms with Crippen LogP contribution >= 0.6 is 0 Å². The quantitative estimate of drug-likeness (QED) is 0.205. The van der Waals surface area contributed by atoms with Gasteiger partial charge >= 0.3 is 0 Å². The summed E-state index contributed by atoms with van der Waals surface area (Å²) in [5.41, 5.74) is 3.54. The van der Waals surface area contributed by atoms with Crippen LogP contribution in [0.2, 0.25) is 0 Å². The summed E-state index contributed by atoms with van der Waals surface area (Å²) in [7, 11) is 0. The summed E-state index contributed by atoms with van der Waals surface area (Å²) in [6.07, 6.45) is 6.01. The zero-order valence-corrected chi connectivity index (χ0v) is 20.5. The summed E-state index contributed by atoms with van der Waals surface area (Å²) in [6.45, 7) is 2.91. The van der Waals surface area contributed by atoms with Gasteiger partial charge in [-0.1, -0.05) is 69.0 Å². The molecule has 0 atom stereocenters. The molecule has 0 radical (unpaired) electrons. The van der Waals surface area contributed by atoms with Crippen molar-refractivity contribution in [1.82, 2.24) is 4.98 Å². The van der Waals surface area contributed by atoms with Gasteiger partial charge < -0.3 is 14.5 Å². The summed E-state index contributed by atoms with van der Waals surface area (Å²) in [4.78, 5) is 17.5. The minimum absolute atomic E-state index is 0.182. The number of ether oxygens (including phenoxy) is 1. The monoisotopic (exact) mass is 478 g/mol. The van der Waals surface area contributed by atoms with Crippen LogP contribution in [0.25, 0.3) is 33.3 Å². The van der Waals surface area contributed by atoms with Crippen molar-refractivity contribution in [2.45, 2.75) is 39.0 Å². The fourth-order valence-corrected chi connectivity index (χ4v) is 4.33. The maximum atomic E-state index is 12.8. The minimum atomic E-state index is -0.182. The standard InChI is InChI=1S/C31H30N2O3/c1-2-3-4-5-8-20-35-25-17-14-23(15-18-25)30(34)32-24-16-19-29-28(21-24)33-31(36-29)27-13-9-11-22-10-6-7-12-26(22)27/h6-7,9-19,21H,2-5,8,20H2,1H3,(H,32,34). The van der Waals surface area contributed by atoms with Gasteiger partial charge in [0.05, 0.1) is 6.61 Å². The number of rotatable bonds is 10. The molecule has 5 aromatic rings. The first-order valence-electron chi connectivity index (χ1n) is 12.6. The molecule has 36 heavy (non-hydrogen) atoms. The van der Waals surface area contributed by atoms with Crippen LogP contribution in [-0.4, -0.2) is 17.5 Å². The lowest BCUT2D eigenvalue weighted by atomic mass is 10.0. The Labute approximate surface area is 211 Å². The van der Waals surface area contributed by atoms with Crippen molar-refractivity contribution in [2.75, 3.05) is 11.9 Å². The molecule has 1 heterocycles. The van der Waals surface area contributed by atoms with Crippen LogP contribution < -0.4 is 10.1 Å². The lowest BCUT2D eigenvalue weighted by molar-refractivity contribution is 0.102. The Morgan fingerprint density at radius 2 is 1.69 bits per heavy atom. The molecule has 0 aliphatic carbocycles. The Morgan fingerprint density at radius 1 is 0.889 bits per heavy atom. The van der Waals surface area contributed by atoms with E-state index in [1.54, 1.807) is 12.1 Å². The first-order valence-corrected chi connectivity index (χ1v) is 12.6. The van der Waals surface area contributed by atoms with E-state index in [9.17, 15) is 4.79 Å². The highest BCUT2D eigenvalue weighted by Crippen LogP contribution is 2.31. The van der Waals surface area contributed by atoms with E-state index < -0.39 is 0 Å². The lowest BCUT2D eigenvalue weighted by Crippen LogP contribution is -2.11. The fourth-order valence-electron chi connectivity index (χ4n) is 4.33. The second kappa shape index (κ2) is 11.1. The normalized spacial score (nSPS) is 11.1. The van der Waals surface area contributed by atoms with Gasteiger partial charge in [-0.15, -0.1) is 0 Å². The molecule has 1 N–H and O–H groups in total. The number of amides is 1. The molecule has 1 amide bonds. The van der Waals surface area contributed by atoms with Crippen LogP contribution in [0.15, 0.2) is 89.3 Å². The summed E-state index contributed by atoms with van der Waals surface area (Å²) in [6, 6.07) is 27.0. The van der Waals surface area contributed by atoms with Gasteiger partial charge in [0, 0.05) is 16.8 Å². The van der Waals surface area contributed by atoms with Gasteiger partial charge in [-0.05, 0) is 65.7 Å². The molecule has 0 aliphatic rings. The maximum Gasteiger partial charge on any atom is 0.255 e. The van der Waals surface area contributed by atoms with E-state index in [4.69, 9.17) is 14.1 Å². The van der Waals surface area contributed by atoms with E-state index in [0.717, 1.165) is 28.5 Å². The van der Waals surface area contributed by atoms with Crippen LogP contribution in [0, 0.1) is 0 Å². The highest BCUT2D eigenvalue weighted by atomic mass is 16.5. The largest absolute Gasteiger partial charge is 0.494 e. The van der Waals surface area contributed by atoms with E-state index in [1.165, 1.54) is 25.7 Å². The van der Waals surface area contributed by atoms with Crippen molar-refractivity contribution >= 4 is 33.5 Å². The molecule has 4 aromatic carbocycles. The van der Waals surface area contributed by atoms with Crippen molar-refractivity contribution in [3.8, 4) is 17.2 Å². The smallest absolute Gasteiger partial charge is 0.255 e. The van der Waals surface area contributed by atoms with Gasteiger partial charge in [-0.3, -0.25) is 4.79 Å². The van der Waals surface area contributed by atoms with E-state index >= 15 is 0 Å². The number of carbonyl (C=O) groups is 1. The second-order valence-corrected chi connectivity index (χ2v) is 8.97. The highest BCUT2D eigenvalue weighted by molar-refractivity contribution is 6.05. The summed E-state index contributed by atoms with van der Waals surface area (Å²) >= 11 is 0. The van der Waals surface area contributed by atoms with Gasteiger partial charge in [0.15, 0.2) is 5.58 Å². The average molecular weight is 479 g/mol. The molecule has 5 rings (SSSR count). The molecule has 0 bridgehead atoms. The van der Waals surface area contributed by atoms with E-state index in [-0.39, 0.29) is 5.91 Å². The summed E-state index contributed by atoms with van der Waals surface area (Å²) < 4.78 is 11.8. The number of aromatic nitrogens is 1. The van der Waals surface area contributed by atoms with E-state index in [0.29, 0.717) is 34.8 Å². The molecule has 1 aromatic heterocycles. The topological polar surface area (TPSA) is 64.4 Å². The Hall–Kier alpha value is -4.12. The Morgan fingerprint density at radius 3 is 2.56 bits per heavy atom. The average Bonchev–Trinajstić information content (AvgIpc) is 3.34. The molecular weight excluding hydrogens is 448 g/mol. The van der Waals surface area contributed by atoms with Gasteiger partial charge in [-0.2, -0.15) is 0 Å². The maximum absolute atomic E-state index is 12.8. The third-order valence-electron chi connectivity index (χ3n) is 6.30. The Kier molecular flexibility index (Phi) is 7.27. The van der Waals surface area contributed by atoms with Crippen LogP contribution in [0.4, 0.5) is 5.69 Å². The number of unbranched alkanes of at least 4 members (excludes halogenated alkanes) is 4. The molecule has 0 spiro atoms. The van der Waals surface area contributed by atoms with Crippen molar-refractivity contribution < 1.29 is 13.9 Å². The summed E-state index contributed by atoms with van der Waals surface area (Å²) in [5, 5.41) is 5.18. The first kappa shape index (κ1) is 23.6. The molecular formula is C31H30N2O3. The van der Waals surface area contributed by atoms with Crippen molar-refractivity contribution in [2.24, 2.45) is 0 Å². The molecule has 5 nitrogen and oxygen atoms in total. The number of oxazole rings is 1. The number of anilines is 1. The van der Waals surface area contributed by atoms with Gasteiger partial charge in [0.1, 0.15) is 11.3 Å². The van der Waals surface area contributed by atoms with E-state index in [2.05, 4.69) is 30.4 Å². The fraction of sp³-hybridized carbons (Fsp3) is 0.226. The third kappa shape index (κ3) is 5.41. The van der Waals surface area contributed by atoms with Crippen LogP contribution in [0.3, 0.4) is 0 Å². The zero-order valence-electron chi connectivity index (χ0n) is 20.5. The van der Waals surface area contributed by atoms with Gasteiger partial charge in [0.2, 0.25) is 5.89 Å². The highest BCUT2D eigenvalue weighted by Gasteiger charge is 2.13. The van der Waals surface area contributed by atoms with Crippen LogP contribution in [0.5, 0.6) is 5.75 Å². The number of nitrogens with zero attached hydrogens (tertiary/aromatic N) is 1. The van der Waals surface area contributed by atoms with Gasteiger partial charge in [-0.25, -0.2) is 4.98 Å². The number of hydrogen-bond donors (Lipinski definition) is 1. The Balaban J connectivity index is 1.24. The molecule has 0 fully saturated rings. The number of nitrogens with one attached hydrogen (secondary N) is 1. The molecule has 0 saturated carbocycles. The van der Waals surface area contributed by atoms with Crippen molar-refractivity contribution in [1.29, 1.82) is 0 Å². The van der Waals surface area contributed by atoms with Crippen LogP contribution in [0.1, 0.15) is 49.4 Å². The number of hydrogen-bond acceptors (Lipinski definition) is 4. The van der Waals surface area contributed by atoms with Gasteiger partial charge in [0.25, 0.3) is 5.91 Å². The molecule has 0 unspecified atom stereocenters. The van der Waals surface area contributed by atoms with Crippen molar-refractivity contribution in [3.63, 3.8) is 0 Å². The molecule has 0 saturated heterocycles. The molecule has 182 valence electrons. The van der Waals surface area contributed by atoms with E-state index in [1.807, 2.05) is 54.6 Å². The SMILES string of the molecule is CCCCCCCOc1ccc(C(=O)Nc2ccc3oc(-c4cccc5ccccc45)nc3c2)cc1. The number of benzene rings is 4. The summed E-state index contributed by atoms with van der Waals surface area (Å²) in [5.74, 6) is 1.16. The minimum Gasteiger partial charge on any atom is -0.494 e. The third-order valence-corrected chi connectivity index (χ3v) is 6.30. The molecule has 5 heteroatoms. The second-order valence-electron chi connectivity index (χ2n) is 8.97. The first-order chi connectivity index (χ1) is 17.7. The zero-order chi connectivity index (χ0) is 24.7. The van der Waals surface area contributed by atoms with Crippen LogP contribution in [-0.2, 0) is 0 Å². The molecule has 0 aliphatic heterocycles. The Bertz CT molecular complexity index is 1470. The number of fused-ring (bicyclic) bond motifs is 2. The number of carbonyl (C=O) groups excluding carboxylic acids is 1. The lowest BCUT2D eigenvalue weighted by Gasteiger charge is -2.08. The predicted molar refractivity (Wildman–Crippen MR) is 146 cm³/mol. The van der Waals surface area contributed by atoms with Crippen molar-refractivity contribution in [3.05, 3.63) is 90.5 Å². The predicted octanol–water partition coefficient (Wildman–Crippen LogP) is 8.25.